The fourth-order valence-electron chi connectivity index (χ4n) is 6.42. The van der Waals surface area contributed by atoms with Gasteiger partial charge in [-0.2, -0.15) is 0 Å². The molecule has 4 aromatic rings. The number of carbonyl (C=O) groups excluding carboxylic acids is 2. The van der Waals surface area contributed by atoms with E-state index >= 15 is 0 Å². The van der Waals surface area contributed by atoms with Gasteiger partial charge in [0.2, 0.25) is 5.78 Å². The Bertz CT molecular complexity index is 1550. The van der Waals surface area contributed by atoms with Crippen molar-refractivity contribution in [2.45, 2.75) is 51.5 Å². The SMILES string of the molecule is COc1ccc(C(=O)C[n+]2ccn(CC(=O)N3CCC4(C)c5ccccc5N(Cc5ccccc5)C34)c2C)cc1. The molecule has 2 aliphatic rings. The maximum absolute atomic E-state index is 13.9. The van der Waals surface area contributed by atoms with Crippen LogP contribution in [0, 0.1) is 6.92 Å². The highest BCUT2D eigenvalue weighted by Crippen LogP contribution is 2.52. The number of para-hydroxylation sites is 1. The van der Waals surface area contributed by atoms with Gasteiger partial charge < -0.3 is 14.5 Å². The fourth-order valence-corrected chi connectivity index (χ4v) is 6.42. The molecule has 2 atom stereocenters. The summed E-state index contributed by atoms with van der Waals surface area (Å²) < 4.78 is 9.05. The van der Waals surface area contributed by atoms with Gasteiger partial charge in [-0.05, 0) is 47.9 Å². The molecule has 204 valence electrons. The molecule has 3 heterocycles. The number of Topliss-reactive ketones (excluding diaryl/α,β-unsaturated/α-hetero) is 1. The number of hydrogen-bond acceptors (Lipinski definition) is 4. The molecule has 0 N–H and O–H groups in total. The fraction of sp³-hybridized carbons (Fsp3) is 0.303. The lowest BCUT2D eigenvalue weighted by molar-refractivity contribution is -0.688. The molecule has 0 spiro atoms. The highest BCUT2D eigenvalue weighted by Gasteiger charge is 2.55. The second-order valence-corrected chi connectivity index (χ2v) is 11.0. The number of imidazole rings is 1. The van der Waals surface area contributed by atoms with Gasteiger partial charge >= 0.3 is 0 Å². The number of methoxy groups -OCH3 is 1. The molecular weight excluding hydrogens is 500 g/mol. The van der Waals surface area contributed by atoms with Crippen LogP contribution in [0.25, 0.3) is 0 Å². The summed E-state index contributed by atoms with van der Waals surface area (Å²) in [7, 11) is 1.61. The summed E-state index contributed by atoms with van der Waals surface area (Å²) in [6.45, 7) is 6.17. The van der Waals surface area contributed by atoms with Gasteiger partial charge in [0, 0.05) is 36.7 Å². The lowest BCUT2D eigenvalue weighted by Crippen LogP contribution is -2.51. The molecule has 1 aromatic heterocycles. The Labute approximate surface area is 235 Å². The van der Waals surface area contributed by atoms with E-state index in [1.807, 2.05) is 34.5 Å². The monoisotopic (exact) mass is 535 g/mol. The third kappa shape index (κ3) is 4.45. The summed E-state index contributed by atoms with van der Waals surface area (Å²) in [4.78, 5) is 31.3. The first-order valence-electron chi connectivity index (χ1n) is 13.8. The lowest BCUT2D eigenvalue weighted by atomic mass is 9.81. The van der Waals surface area contributed by atoms with Gasteiger partial charge in [-0.1, -0.05) is 55.5 Å². The van der Waals surface area contributed by atoms with Gasteiger partial charge in [-0.25, -0.2) is 9.13 Å². The summed E-state index contributed by atoms with van der Waals surface area (Å²) in [6.07, 6.45) is 4.66. The number of carbonyl (C=O) groups is 2. The Morgan fingerprint density at radius 3 is 2.48 bits per heavy atom. The largest absolute Gasteiger partial charge is 0.497 e. The first-order valence-corrected chi connectivity index (χ1v) is 13.8. The highest BCUT2D eigenvalue weighted by atomic mass is 16.5. The molecule has 3 aromatic carbocycles. The summed E-state index contributed by atoms with van der Waals surface area (Å²) in [5.74, 6) is 1.69. The van der Waals surface area contributed by atoms with Crippen molar-refractivity contribution in [3.8, 4) is 5.75 Å². The Kier molecular flexibility index (Phi) is 6.66. The van der Waals surface area contributed by atoms with E-state index in [4.69, 9.17) is 4.74 Å². The van der Waals surface area contributed by atoms with E-state index in [-0.39, 0.29) is 36.4 Å². The number of amides is 1. The van der Waals surface area contributed by atoms with E-state index in [2.05, 4.69) is 65.3 Å². The van der Waals surface area contributed by atoms with Gasteiger partial charge in [0.05, 0.1) is 7.11 Å². The van der Waals surface area contributed by atoms with Crippen LogP contribution in [0.1, 0.15) is 40.7 Å². The first kappa shape index (κ1) is 25.9. The summed E-state index contributed by atoms with van der Waals surface area (Å²) in [5, 5.41) is 0. The summed E-state index contributed by atoms with van der Waals surface area (Å²) in [6, 6.07) is 26.2. The zero-order valence-electron chi connectivity index (χ0n) is 23.3. The van der Waals surface area contributed by atoms with Crippen LogP contribution in [-0.4, -0.2) is 41.0 Å². The number of hydrogen-bond donors (Lipinski definition) is 0. The zero-order valence-corrected chi connectivity index (χ0v) is 23.3. The molecule has 2 aliphatic heterocycles. The summed E-state index contributed by atoms with van der Waals surface area (Å²) in [5.41, 5.74) is 4.26. The van der Waals surface area contributed by atoms with E-state index < -0.39 is 0 Å². The molecule has 0 radical (unpaired) electrons. The topological polar surface area (TPSA) is 58.7 Å². The van der Waals surface area contributed by atoms with Crippen LogP contribution < -0.4 is 14.2 Å². The number of nitrogens with zero attached hydrogens (tertiary/aromatic N) is 4. The van der Waals surface area contributed by atoms with E-state index in [1.165, 1.54) is 16.8 Å². The van der Waals surface area contributed by atoms with Crippen LogP contribution in [0.5, 0.6) is 5.75 Å². The molecule has 0 aliphatic carbocycles. The second kappa shape index (κ2) is 10.3. The van der Waals surface area contributed by atoms with Gasteiger partial charge in [0.25, 0.3) is 11.7 Å². The van der Waals surface area contributed by atoms with E-state index in [0.29, 0.717) is 5.56 Å². The van der Waals surface area contributed by atoms with Crippen molar-refractivity contribution in [1.29, 1.82) is 0 Å². The molecule has 1 fully saturated rings. The van der Waals surface area contributed by atoms with Crippen LogP contribution in [0.3, 0.4) is 0 Å². The Balaban J connectivity index is 1.21. The van der Waals surface area contributed by atoms with Crippen molar-refractivity contribution in [3.63, 3.8) is 0 Å². The molecule has 7 nitrogen and oxygen atoms in total. The van der Waals surface area contributed by atoms with Crippen molar-refractivity contribution < 1.29 is 18.9 Å². The molecule has 0 bridgehead atoms. The van der Waals surface area contributed by atoms with Crippen molar-refractivity contribution in [2.24, 2.45) is 0 Å². The minimum Gasteiger partial charge on any atom is -0.497 e. The van der Waals surface area contributed by atoms with Crippen molar-refractivity contribution in [2.75, 3.05) is 18.6 Å². The lowest BCUT2D eigenvalue weighted by Gasteiger charge is -2.36. The van der Waals surface area contributed by atoms with Gasteiger partial charge in [-0.3, -0.25) is 9.59 Å². The normalized spacial score (nSPS) is 19.4. The molecule has 7 heteroatoms. The predicted octanol–water partition coefficient (Wildman–Crippen LogP) is 4.51. The first-order chi connectivity index (χ1) is 19.4. The smallest absolute Gasteiger partial charge is 0.266 e. The number of aromatic nitrogens is 2. The minimum absolute atomic E-state index is 0.00964. The highest BCUT2D eigenvalue weighted by molar-refractivity contribution is 5.95. The molecule has 1 amide bonds. The van der Waals surface area contributed by atoms with Crippen molar-refractivity contribution in [1.82, 2.24) is 9.47 Å². The summed E-state index contributed by atoms with van der Waals surface area (Å²) >= 11 is 0. The molecule has 1 saturated heterocycles. The van der Waals surface area contributed by atoms with Crippen LogP contribution in [0.4, 0.5) is 5.69 Å². The third-order valence-corrected chi connectivity index (χ3v) is 8.67. The number of anilines is 1. The Morgan fingerprint density at radius 1 is 1.00 bits per heavy atom. The number of ether oxygens (including phenoxy) is 1. The van der Waals surface area contributed by atoms with Crippen molar-refractivity contribution >= 4 is 17.4 Å². The Hall–Kier alpha value is -4.39. The zero-order chi connectivity index (χ0) is 27.9. The average Bonchev–Trinajstić information content (AvgIpc) is 3.59. The van der Waals surface area contributed by atoms with Crippen LogP contribution in [0.2, 0.25) is 0 Å². The second-order valence-electron chi connectivity index (χ2n) is 11.0. The molecule has 0 saturated carbocycles. The van der Waals surface area contributed by atoms with E-state index in [9.17, 15) is 9.59 Å². The number of benzene rings is 3. The van der Waals surface area contributed by atoms with Crippen LogP contribution >= 0.6 is 0 Å². The van der Waals surface area contributed by atoms with Gasteiger partial charge in [-0.15, -0.1) is 0 Å². The molecule has 6 rings (SSSR count). The third-order valence-electron chi connectivity index (χ3n) is 8.67. The van der Waals surface area contributed by atoms with Crippen LogP contribution in [0.15, 0.2) is 91.3 Å². The van der Waals surface area contributed by atoms with E-state index in [1.54, 1.807) is 31.4 Å². The van der Waals surface area contributed by atoms with Gasteiger partial charge in [0.1, 0.15) is 24.3 Å². The molecule has 40 heavy (non-hydrogen) atoms. The minimum atomic E-state index is -0.128. The molecular formula is C33H35N4O3+. The van der Waals surface area contributed by atoms with Gasteiger partial charge in [0.15, 0.2) is 13.1 Å². The maximum Gasteiger partial charge on any atom is 0.266 e. The van der Waals surface area contributed by atoms with Crippen molar-refractivity contribution in [3.05, 3.63) is 114 Å². The molecule has 2 unspecified atom stereocenters. The number of likely N-dealkylation sites (tertiary alicyclic amines) is 1. The number of ketones is 1. The number of rotatable bonds is 8. The van der Waals surface area contributed by atoms with E-state index in [0.717, 1.165) is 31.1 Å². The van der Waals surface area contributed by atoms with Crippen LogP contribution in [-0.2, 0) is 29.8 Å². The standard InChI is InChI=1S/C33H35N4O3/c1-24-34(22-30(38)26-13-15-27(40-3)16-14-26)19-20-35(24)23-31(39)36-18-17-33(2)28-11-7-8-12-29(28)37(32(33)36)21-25-9-5-4-6-10-25/h4-16,19-20,32H,17-18,21-23H2,1-3H3/q+1. The Morgan fingerprint density at radius 2 is 1.73 bits per heavy atom. The maximum atomic E-state index is 13.9. The number of fused-ring (bicyclic) bond motifs is 3. The average molecular weight is 536 g/mol. The predicted molar refractivity (Wildman–Crippen MR) is 153 cm³/mol. The quantitative estimate of drug-likeness (QED) is 0.246.